The molecule has 1 saturated carbocycles. The number of fused-ring (bicyclic) bond motifs is 2. The second-order valence-corrected chi connectivity index (χ2v) is 11.3. The highest BCUT2D eigenvalue weighted by molar-refractivity contribution is 7.13. The Labute approximate surface area is 206 Å². The fraction of sp³-hybridized carbons (Fsp3) is 0.480. The van der Waals surface area contributed by atoms with E-state index >= 15 is 4.39 Å². The summed E-state index contributed by atoms with van der Waals surface area (Å²) >= 11 is 1.34. The molecule has 4 heterocycles. The molecule has 0 spiro atoms. The number of phenols is 1. The molecule has 35 heavy (non-hydrogen) atoms. The van der Waals surface area contributed by atoms with Crippen LogP contribution in [0.5, 0.6) is 5.75 Å². The van der Waals surface area contributed by atoms with E-state index in [4.69, 9.17) is 5.26 Å². The van der Waals surface area contributed by atoms with Crippen molar-refractivity contribution >= 4 is 17.2 Å². The molecule has 3 aromatic rings. The molecule has 6 rings (SSSR count). The maximum absolute atomic E-state index is 15.8. The number of benzene rings is 1. The van der Waals surface area contributed by atoms with Crippen molar-refractivity contribution in [2.45, 2.75) is 75.3 Å². The highest BCUT2D eigenvalue weighted by Crippen LogP contribution is 2.47. The zero-order valence-electron chi connectivity index (χ0n) is 19.6. The molecule has 2 aliphatic heterocycles. The fourth-order valence-corrected chi connectivity index (χ4v) is 6.48. The number of nitrogens with one attached hydrogen (secondary N) is 1. The summed E-state index contributed by atoms with van der Waals surface area (Å²) in [6.07, 6.45) is 5.18. The molecule has 1 aliphatic carbocycles. The van der Waals surface area contributed by atoms with Crippen LogP contribution in [0, 0.1) is 11.3 Å². The van der Waals surface area contributed by atoms with Crippen molar-refractivity contribution in [3.05, 3.63) is 35.5 Å². The van der Waals surface area contributed by atoms with Gasteiger partial charge < -0.3 is 15.3 Å². The van der Waals surface area contributed by atoms with Gasteiger partial charge in [-0.3, -0.25) is 0 Å². The minimum Gasteiger partial charge on any atom is -0.507 e. The van der Waals surface area contributed by atoms with Crippen LogP contribution in [0.15, 0.2) is 29.8 Å². The van der Waals surface area contributed by atoms with Crippen LogP contribution in [0.1, 0.15) is 51.6 Å². The van der Waals surface area contributed by atoms with Crippen LogP contribution in [0.25, 0.3) is 22.0 Å². The summed E-state index contributed by atoms with van der Waals surface area (Å²) < 4.78 is 15.8. The van der Waals surface area contributed by atoms with Gasteiger partial charge in [-0.1, -0.05) is 6.07 Å². The number of hydrogen-bond acceptors (Lipinski definition) is 9. The number of aromatic nitrogens is 4. The molecule has 2 N–H and O–H groups in total. The number of nitriles is 1. The molecule has 2 bridgehead atoms. The monoisotopic (exact) mass is 491 g/mol. The lowest BCUT2D eigenvalue weighted by Gasteiger charge is -2.48. The smallest absolute Gasteiger partial charge is 0.185 e. The van der Waals surface area contributed by atoms with Gasteiger partial charge in [-0.15, -0.1) is 21.5 Å². The predicted octanol–water partition coefficient (Wildman–Crippen LogP) is 4.22. The molecule has 1 aromatic carbocycles. The molecule has 8 nitrogen and oxygen atoms in total. The fourth-order valence-electron chi connectivity index (χ4n) is 5.74. The second kappa shape index (κ2) is 7.93. The van der Waals surface area contributed by atoms with Crippen molar-refractivity contribution in [2.24, 2.45) is 0 Å². The average Bonchev–Trinajstić information content (AvgIpc) is 3.48. The Bertz CT molecular complexity index is 1320. The SMILES string of the molecule is C[C@]12CC[C@](C)(N1)[C@H](F)[C@H](N(c1cnc(-c3ccc(-c4nc(C#N)cs4)cc3O)nn1)C1CC1)C2. The van der Waals surface area contributed by atoms with Gasteiger partial charge in [0.1, 0.15) is 23.0 Å². The largest absolute Gasteiger partial charge is 0.507 e. The quantitative estimate of drug-likeness (QED) is 0.546. The van der Waals surface area contributed by atoms with E-state index in [1.165, 1.54) is 11.3 Å². The van der Waals surface area contributed by atoms with E-state index in [2.05, 4.69) is 37.3 Å². The van der Waals surface area contributed by atoms with Crippen LogP contribution in [0.2, 0.25) is 0 Å². The molecular weight excluding hydrogens is 465 g/mol. The van der Waals surface area contributed by atoms with E-state index in [1.807, 2.05) is 19.1 Å². The number of alkyl halides is 1. The van der Waals surface area contributed by atoms with Gasteiger partial charge in [0.25, 0.3) is 0 Å². The van der Waals surface area contributed by atoms with E-state index in [1.54, 1.807) is 23.7 Å². The first-order chi connectivity index (χ1) is 16.8. The first kappa shape index (κ1) is 22.3. The topological polar surface area (TPSA) is 111 Å². The van der Waals surface area contributed by atoms with Gasteiger partial charge in [0.2, 0.25) is 0 Å². The summed E-state index contributed by atoms with van der Waals surface area (Å²) in [5, 5.41) is 34.3. The first-order valence-corrected chi connectivity index (χ1v) is 12.8. The van der Waals surface area contributed by atoms with E-state index in [0.717, 1.165) is 32.1 Å². The summed E-state index contributed by atoms with van der Waals surface area (Å²) in [6.45, 7) is 4.18. The maximum atomic E-state index is 15.8. The van der Waals surface area contributed by atoms with E-state index in [-0.39, 0.29) is 23.4 Å². The van der Waals surface area contributed by atoms with Crippen molar-refractivity contribution in [3.8, 4) is 33.8 Å². The number of anilines is 1. The molecule has 2 saturated heterocycles. The predicted molar refractivity (Wildman–Crippen MR) is 131 cm³/mol. The molecular formula is C25H26FN7OS. The van der Waals surface area contributed by atoms with Gasteiger partial charge in [-0.25, -0.2) is 14.4 Å². The molecule has 2 aromatic heterocycles. The van der Waals surface area contributed by atoms with E-state index in [0.29, 0.717) is 33.5 Å². The van der Waals surface area contributed by atoms with E-state index < -0.39 is 11.7 Å². The van der Waals surface area contributed by atoms with Gasteiger partial charge in [0, 0.05) is 28.1 Å². The minimum absolute atomic E-state index is 0.00408. The van der Waals surface area contributed by atoms with Gasteiger partial charge in [0.15, 0.2) is 17.3 Å². The minimum atomic E-state index is -1.01. The van der Waals surface area contributed by atoms with Crippen LogP contribution in [-0.2, 0) is 0 Å². The van der Waals surface area contributed by atoms with Crippen molar-refractivity contribution in [1.82, 2.24) is 25.5 Å². The van der Waals surface area contributed by atoms with Crippen LogP contribution in [-0.4, -0.2) is 54.6 Å². The molecule has 3 fully saturated rings. The second-order valence-electron chi connectivity index (χ2n) is 10.4. The molecule has 4 atom stereocenters. The lowest BCUT2D eigenvalue weighted by Crippen LogP contribution is -2.66. The highest BCUT2D eigenvalue weighted by atomic mass is 32.1. The molecule has 180 valence electrons. The standard InChI is InChI=1S/C25H26FN7OS/c1-24-7-8-25(2,32-24)21(26)18(10-24)33(16-4-5-16)20-12-28-22(31-30-20)17-6-3-14(9-19(17)34)23-29-15(11-27)13-35-23/h3,6,9,12-13,16,18,21,32,34H,4-5,7-8,10H2,1-2H3/t18-,21-,24-,25+/m1/s1. The summed E-state index contributed by atoms with van der Waals surface area (Å²) in [5.74, 6) is 0.885. The highest BCUT2D eigenvalue weighted by Gasteiger charge is 2.58. The zero-order valence-corrected chi connectivity index (χ0v) is 20.4. The van der Waals surface area contributed by atoms with Crippen LogP contribution in [0.4, 0.5) is 10.2 Å². The van der Waals surface area contributed by atoms with Crippen LogP contribution >= 0.6 is 11.3 Å². The lowest BCUT2D eigenvalue weighted by atomic mass is 9.82. The Kier molecular flexibility index (Phi) is 5.06. The van der Waals surface area contributed by atoms with Crippen molar-refractivity contribution in [2.75, 3.05) is 4.90 Å². The molecule has 0 radical (unpaired) electrons. The Morgan fingerprint density at radius 2 is 2.09 bits per heavy atom. The van der Waals surface area contributed by atoms with E-state index in [9.17, 15) is 5.11 Å². The lowest BCUT2D eigenvalue weighted by molar-refractivity contribution is 0.0831. The zero-order chi connectivity index (χ0) is 24.4. The molecule has 10 heteroatoms. The Morgan fingerprint density at radius 3 is 2.74 bits per heavy atom. The summed E-state index contributed by atoms with van der Waals surface area (Å²) in [6, 6.07) is 7.11. The maximum Gasteiger partial charge on any atom is 0.185 e. The third kappa shape index (κ3) is 3.83. The third-order valence-corrected chi connectivity index (χ3v) is 8.50. The number of thiazole rings is 1. The summed E-state index contributed by atoms with van der Waals surface area (Å²) in [5.41, 5.74) is 0.904. The number of piperidine rings is 1. The average molecular weight is 492 g/mol. The number of hydrogen-bond donors (Lipinski definition) is 2. The Morgan fingerprint density at radius 1 is 1.26 bits per heavy atom. The van der Waals surface area contributed by atoms with Crippen molar-refractivity contribution in [3.63, 3.8) is 0 Å². The van der Waals surface area contributed by atoms with Gasteiger partial charge in [-0.05, 0) is 58.1 Å². The van der Waals surface area contributed by atoms with Gasteiger partial charge >= 0.3 is 0 Å². The first-order valence-electron chi connectivity index (χ1n) is 11.9. The Balaban J connectivity index is 1.28. The molecule has 0 unspecified atom stereocenters. The van der Waals surface area contributed by atoms with Crippen molar-refractivity contribution in [1.29, 1.82) is 5.26 Å². The molecule has 0 amide bonds. The van der Waals surface area contributed by atoms with Gasteiger partial charge in [0.05, 0.1) is 17.8 Å². The van der Waals surface area contributed by atoms with Crippen LogP contribution < -0.4 is 10.2 Å². The number of halogens is 1. The van der Waals surface area contributed by atoms with Gasteiger partial charge in [-0.2, -0.15) is 5.26 Å². The number of rotatable bonds is 5. The number of aromatic hydroxyl groups is 1. The van der Waals surface area contributed by atoms with Crippen LogP contribution in [0.3, 0.4) is 0 Å². The Hall–Kier alpha value is -3.16. The molecule has 3 aliphatic rings. The normalized spacial score (nSPS) is 29.7. The van der Waals surface area contributed by atoms with Crippen molar-refractivity contribution < 1.29 is 9.50 Å². The summed E-state index contributed by atoms with van der Waals surface area (Å²) in [4.78, 5) is 10.8. The number of phenolic OH excluding ortho intramolecular Hbond substituents is 1. The summed E-state index contributed by atoms with van der Waals surface area (Å²) in [7, 11) is 0. The number of nitrogens with zero attached hydrogens (tertiary/aromatic N) is 6. The third-order valence-electron chi connectivity index (χ3n) is 7.61.